The number of imidazole rings is 1. The van der Waals surface area contributed by atoms with Crippen LogP contribution < -0.4 is 5.32 Å². The summed E-state index contributed by atoms with van der Waals surface area (Å²) in [6.45, 7) is 3.05. The largest absolute Gasteiger partial charge is 0.367 e. The third-order valence-corrected chi connectivity index (χ3v) is 3.64. The Hall–Kier alpha value is -1.88. The maximum absolute atomic E-state index is 4.47. The highest BCUT2D eigenvalue weighted by Crippen LogP contribution is 2.26. The lowest BCUT2D eigenvalue weighted by Gasteiger charge is -2.05. The van der Waals surface area contributed by atoms with Gasteiger partial charge in [-0.1, -0.05) is 13.0 Å². The standard InChI is InChI=1S/C13H14N4S/c1-2-5-14-12-13-16-9-10(11-4-3-8-18-11)17(13)7-6-15-12/h3-4,6-9H,2,5H2,1H3,(H,14,15). The first-order valence-corrected chi connectivity index (χ1v) is 6.88. The average Bonchev–Trinajstić information content (AvgIpc) is 3.04. The minimum atomic E-state index is 0.849. The summed E-state index contributed by atoms with van der Waals surface area (Å²) in [4.78, 5) is 10.0. The van der Waals surface area contributed by atoms with Gasteiger partial charge in [-0.05, 0) is 17.9 Å². The van der Waals surface area contributed by atoms with Gasteiger partial charge in [-0.3, -0.25) is 4.40 Å². The van der Waals surface area contributed by atoms with Crippen molar-refractivity contribution < 1.29 is 0 Å². The van der Waals surface area contributed by atoms with Crippen molar-refractivity contribution in [2.45, 2.75) is 13.3 Å². The highest BCUT2D eigenvalue weighted by Gasteiger charge is 2.10. The molecular formula is C13H14N4S. The molecule has 0 fully saturated rings. The van der Waals surface area contributed by atoms with Crippen LogP contribution in [0.5, 0.6) is 0 Å². The van der Waals surface area contributed by atoms with Gasteiger partial charge in [-0.25, -0.2) is 9.97 Å². The highest BCUT2D eigenvalue weighted by atomic mass is 32.1. The van der Waals surface area contributed by atoms with Crippen LogP contribution in [0.25, 0.3) is 16.2 Å². The second-order valence-electron chi connectivity index (χ2n) is 4.02. The molecule has 0 aliphatic carbocycles. The molecule has 0 aromatic carbocycles. The van der Waals surface area contributed by atoms with Gasteiger partial charge in [-0.2, -0.15) is 0 Å². The molecule has 0 unspecified atom stereocenters. The van der Waals surface area contributed by atoms with Gasteiger partial charge in [0, 0.05) is 18.9 Å². The topological polar surface area (TPSA) is 42.2 Å². The van der Waals surface area contributed by atoms with Crippen LogP contribution in [0.1, 0.15) is 13.3 Å². The molecule has 5 heteroatoms. The van der Waals surface area contributed by atoms with E-state index in [0.717, 1.165) is 30.1 Å². The summed E-state index contributed by atoms with van der Waals surface area (Å²) in [6.07, 6.45) is 6.74. The van der Waals surface area contributed by atoms with Crippen molar-refractivity contribution in [3.63, 3.8) is 0 Å². The highest BCUT2D eigenvalue weighted by molar-refractivity contribution is 7.13. The van der Waals surface area contributed by atoms with Crippen LogP contribution in [0.15, 0.2) is 36.1 Å². The molecule has 0 atom stereocenters. The summed E-state index contributed by atoms with van der Waals surface area (Å²) >= 11 is 1.72. The monoisotopic (exact) mass is 258 g/mol. The number of rotatable bonds is 4. The van der Waals surface area contributed by atoms with E-state index in [9.17, 15) is 0 Å². The van der Waals surface area contributed by atoms with E-state index in [4.69, 9.17) is 0 Å². The molecule has 0 saturated carbocycles. The van der Waals surface area contributed by atoms with Crippen molar-refractivity contribution in [1.29, 1.82) is 0 Å². The lowest BCUT2D eigenvalue weighted by Crippen LogP contribution is -2.04. The average molecular weight is 258 g/mol. The molecule has 18 heavy (non-hydrogen) atoms. The summed E-state index contributed by atoms with van der Waals surface area (Å²) < 4.78 is 2.08. The summed E-state index contributed by atoms with van der Waals surface area (Å²) in [5, 5.41) is 5.38. The van der Waals surface area contributed by atoms with Crippen LogP contribution in [0, 0.1) is 0 Å². The number of fused-ring (bicyclic) bond motifs is 1. The minimum Gasteiger partial charge on any atom is -0.367 e. The summed E-state index contributed by atoms with van der Waals surface area (Å²) in [5.41, 5.74) is 2.00. The Bertz CT molecular complexity index is 642. The van der Waals surface area contributed by atoms with Crippen molar-refractivity contribution in [3.05, 3.63) is 36.1 Å². The van der Waals surface area contributed by atoms with E-state index in [0.29, 0.717) is 0 Å². The van der Waals surface area contributed by atoms with Crippen LogP contribution in [-0.2, 0) is 0 Å². The number of nitrogens with zero attached hydrogens (tertiary/aromatic N) is 3. The fourth-order valence-corrected chi connectivity index (χ4v) is 2.63. The molecular weight excluding hydrogens is 244 g/mol. The Morgan fingerprint density at radius 3 is 3.11 bits per heavy atom. The first-order valence-electron chi connectivity index (χ1n) is 6.00. The fourth-order valence-electron chi connectivity index (χ4n) is 1.89. The van der Waals surface area contributed by atoms with Crippen molar-refractivity contribution in [2.75, 3.05) is 11.9 Å². The number of aromatic nitrogens is 3. The number of hydrogen-bond acceptors (Lipinski definition) is 4. The second-order valence-corrected chi connectivity index (χ2v) is 4.96. The van der Waals surface area contributed by atoms with Gasteiger partial charge in [0.15, 0.2) is 11.5 Å². The Morgan fingerprint density at radius 2 is 2.33 bits per heavy atom. The molecule has 3 aromatic heterocycles. The van der Waals surface area contributed by atoms with Gasteiger partial charge in [0.2, 0.25) is 0 Å². The van der Waals surface area contributed by atoms with Crippen LogP contribution >= 0.6 is 11.3 Å². The van der Waals surface area contributed by atoms with Crippen molar-refractivity contribution >= 4 is 22.8 Å². The maximum atomic E-state index is 4.47. The Morgan fingerprint density at radius 1 is 1.39 bits per heavy atom. The van der Waals surface area contributed by atoms with Gasteiger partial charge >= 0.3 is 0 Å². The third-order valence-electron chi connectivity index (χ3n) is 2.74. The van der Waals surface area contributed by atoms with Gasteiger partial charge in [-0.15, -0.1) is 11.3 Å². The fraction of sp³-hybridized carbons (Fsp3) is 0.231. The lowest BCUT2D eigenvalue weighted by atomic mass is 10.4. The molecule has 3 rings (SSSR count). The molecule has 0 radical (unpaired) electrons. The zero-order valence-corrected chi connectivity index (χ0v) is 10.9. The minimum absolute atomic E-state index is 0.849. The SMILES string of the molecule is CCCNc1nccn2c(-c3cccs3)cnc12. The summed E-state index contributed by atoms with van der Waals surface area (Å²) in [5.74, 6) is 0.849. The van der Waals surface area contributed by atoms with Gasteiger partial charge in [0.1, 0.15) is 0 Å². The predicted octanol–water partition coefficient (Wildman–Crippen LogP) is 3.28. The molecule has 0 saturated heterocycles. The van der Waals surface area contributed by atoms with Crippen LogP contribution in [0.3, 0.4) is 0 Å². The number of thiophene rings is 1. The molecule has 0 aliphatic heterocycles. The normalized spacial score (nSPS) is 10.9. The Balaban J connectivity index is 2.09. The van der Waals surface area contributed by atoms with E-state index >= 15 is 0 Å². The van der Waals surface area contributed by atoms with E-state index < -0.39 is 0 Å². The molecule has 0 aliphatic rings. The van der Waals surface area contributed by atoms with Crippen LogP contribution in [0.2, 0.25) is 0 Å². The second kappa shape index (κ2) is 4.78. The maximum Gasteiger partial charge on any atom is 0.180 e. The number of anilines is 1. The van der Waals surface area contributed by atoms with E-state index in [1.165, 1.54) is 4.88 Å². The summed E-state index contributed by atoms with van der Waals surface area (Å²) in [7, 11) is 0. The Labute approximate surface area is 109 Å². The van der Waals surface area contributed by atoms with Gasteiger partial charge in [0.05, 0.1) is 16.8 Å². The molecule has 4 nitrogen and oxygen atoms in total. The molecule has 3 aromatic rings. The third kappa shape index (κ3) is 1.86. The van der Waals surface area contributed by atoms with Crippen molar-refractivity contribution in [2.24, 2.45) is 0 Å². The van der Waals surface area contributed by atoms with Crippen molar-refractivity contribution in [3.8, 4) is 10.6 Å². The van der Waals surface area contributed by atoms with Crippen molar-refractivity contribution in [1.82, 2.24) is 14.4 Å². The van der Waals surface area contributed by atoms with Crippen LogP contribution in [0.4, 0.5) is 5.82 Å². The zero-order chi connectivity index (χ0) is 12.4. The van der Waals surface area contributed by atoms with E-state index in [1.54, 1.807) is 11.3 Å². The quantitative estimate of drug-likeness (QED) is 0.781. The first kappa shape index (κ1) is 11.2. The molecule has 0 bridgehead atoms. The lowest BCUT2D eigenvalue weighted by molar-refractivity contribution is 0.965. The smallest absolute Gasteiger partial charge is 0.180 e. The molecule has 92 valence electrons. The molecule has 0 spiro atoms. The Kier molecular flexibility index (Phi) is 2.98. The van der Waals surface area contributed by atoms with Crippen LogP contribution in [-0.4, -0.2) is 20.9 Å². The first-order chi connectivity index (χ1) is 8.90. The zero-order valence-electron chi connectivity index (χ0n) is 10.1. The van der Waals surface area contributed by atoms with E-state index in [2.05, 4.69) is 44.1 Å². The molecule has 3 heterocycles. The van der Waals surface area contributed by atoms with E-state index in [1.807, 2.05) is 18.6 Å². The predicted molar refractivity (Wildman–Crippen MR) is 75.1 cm³/mol. The number of hydrogen-bond donors (Lipinski definition) is 1. The van der Waals surface area contributed by atoms with Gasteiger partial charge in [0.25, 0.3) is 0 Å². The number of nitrogens with one attached hydrogen (secondary N) is 1. The molecule has 0 amide bonds. The summed E-state index contributed by atoms with van der Waals surface area (Å²) in [6, 6.07) is 4.16. The van der Waals surface area contributed by atoms with E-state index in [-0.39, 0.29) is 0 Å². The van der Waals surface area contributed by atoms with Gasteiger partial charge < -0.3 is 5.32 Å². The molecule has 1 N–H and O–H groups in total.